The third kappa shape index (κ3) is 2.46. The number of benzene rings is 1. The third-order valence-electron chi connectivity index (χ3n) is 5.19. The number of ether oxygens (including phenoxy) is 1. The highest BCUT2D eigenvalue weighted by Gasteiger charge is 2.56. The fraction of sp³-hybridized carbons (Fsp3) is 0.667. The maximum atomic E-state index is 5.62. The molecule has 0 amide bonds. The van der Waals surface area contributed by atoms with Crippen molar-refractivity contribution < 1.29 is 4.74 Å². The number of fused-ring (bicyclic) bond motifs is 1. The first-order valence-electron chi connectivity index (χ1n) is 8.14. The molecule has 0 bridgehead atoms. The molecule has 3 atom stereocenters. The lowest BCUT2D eigenvalue weighted by Crippen LogP contribution is -2.26. The van der Waals surface area contributed by atoms with Crippen molar-refractivity contribution in [2.45, 2.75) is 45.6 Å². The quantitative estimate of drug-likeness (QED) is 0.843. The lowest BCUT2D eigenvalue weighted by Gasteiger charge is -2.23. The van der Waals surface area contributed by atoms with Crippen LogP contribution in [-0.2, 0) is 0 Å². The van der Waals surface area contributed by atoms with E-state index < -0.39 is 0 Å². The topological polar surface area (TPSA) is 21.3 Å². The Morgan fingerprint density at radius 2 is 2.05 bits per heavy atom. The first kappa shape index (κ1) is 13.9. The molecule has 0 saturated heterocycles. The van der Waals surface area contributed by atoms with Gasteiger partial charge in [-0.25, -0.2) is 0 Å². The normalized spacial score (nSPS) is 29.1. The van der Waals surface area contributed by atoms with Crippen LogP contribution in [0, 0.1) is 24.7 Å². The molecule has 0 spiro atoms. The van der Waals surface area contributed by atoms with Crippen molar-refractivity contribution in [1.29, 1.82) is 0 Å². The van der Waals surface area contributed by atoms with E-state index in [2.05, 4.69) is 37.4 Å². The first-order chi connectivity index (χ1) is 9.76. The highest BCUT2D eigenvalue weighted by Crippen LogP contribution is 2.62. The van der Waals surface area contributed by atoms with E-state index in [0.29, 0.717) is 6.04 Å². The van der Waals surface area contributed by atoms with E-state index >= 15 is 0 Å². The zero-order chi connectivity index (χ0) is 14.1. The van der Waals surface area contributed by atoms with E-state index in [1.807, 2.05) is 0 Å². The summed E-state index contributed by atoms with van der Waals surface area (Å²) in [7, 11) is 1.79. The highest BCUT2D eigenvalue weighted by molar-refractivity contribution is 5.40. The van der Waals surface area contributed by atoms with Gasteiger partial charge in [0, 0.05) is 11.6 Å². The Hall–Kier alpha value is -1.02. The van der Waals surface area contributed by atoms with Gasteiger partial charge in [0.15, 0.2) is 0 Å². The van der Waals surface area contributed by atoms with Crippen LogP contribution in [-0.4, -0.2) is 13.7 Å². The molecule has 2 heteroatoms. The minimum absolute atomic E-state index is 0.486. The summed E-state index contributed by atoms with van der Waals surface area (Å²) < 4.78 is 5.62. The van der Waals surface area contributed by atoms with Crippen molar-refractivity contribution in [2.24, 2.45) is 17.8 Å². The predicted molar refractivity (Wildman–Crippen MR) is 83.1 cm³/mol. The number of hydrogen-bond donors (Lipinski definition) is 1. The first-order valence-corrected chi connectivity index (χ1v) is 8.14. The van der Waals surface area contributed by atoms with Crippen LogP contribution in [0.15, 0.2) is 18.2 Å². The summed E-state index contributed by atoms with van der Waals surface area (Å²) in [6.07, 6.45) is 5.51. The van der Waals surface area contributed by atoms with Gasteiger partial charge in [0.2, 0.25) is 0 Å². The van der Waals surface area contributed by atoms with Crippen LogP contribution >= 0.6 is 0 Å². The van der Waals surface area contributed by atoms with Crippen LogP contribution in [0.3, 0.4) is 0 Å². The Kier molecular flexibility index (Phi) is 4.02. The van der Waals surface area contributed by atoms with Crippen LogP contribution in [0.5, 0.6) is 5.75 Å². The summed E-state index contributed by atoms with van der Waals surface area (Å²) >= 11 is 0. The maximum absolute atomic E-state index is 5.62. The Morgan fingerprint density at radius 1 is 1.30 bits per heavy atom. The predicted octanol–water partition coefficient (Wildman–Crippen LogP) is 4.09. The number of rotatable bonds is 6. The number of nitrogens with one attached hydrogen (secondary N) is 1. The van der Waals surface area contributed by atoms with Crippen LogP contribution in [0.25, 0.3) is 0 Å². The number of aryl methyl sites for hydroxylation is 1. The summed E-state index contributed by atoms with van der Waals surface area (Å²) in [5, 5.41) is 3.80. The molecule has 0 aromatic heterocycles. The lowest BCUT2D eigenvalue weighted by atomic mass is 9.94. The molecule has 110 valence electrons. The summed E-state index contributed by atoms with van der Waals surface area (Å²) in [5.74, 6) is 3.82. The van der Waals surface area contributed by atoms with E-state index in [1.165, 1.54) is 36.8 Å². The lowest BCUT2D eigenvalue weighted by molar-refractivity contribution is 0.374. The SMILES string of the molecule is CCCNC(c1cc(C)ccc1OC)C1C2CCCC21. The molecule has 20 heavy (non-hydrogen) atoms. The van der Waals surface area contributed by atoms with Crippen molar-refractivity contribution >= 4 is 0 Å². The Bertz CT molecular complexity index is 460. The zero-order valence-corrected chi connectivity index (χ0v) is 13.0. The summed E-state index contributed by atoms with van der Waals surface area (Å²) in [5.41, 5.74) is 2.70. The van der Waals surface area contributed by atoms with Gasteiger partial charge in [-0.1, -0.05) is 31.0 Å². The summed E-state index contributed by atoms with van der Waals surface area (Å²) in [6, 6.07) is 7.08. The summed E-state index contributed by atoms with van der Waals surface area (Å²) in [4.78, 5) is 0. The van der Waals surface area contributed by atoms with Crippen LogP contribution in [0.1, 0.15) is 49.8 Å². The van der Waals surface area contributed by atoms with E-state index in [0.717, 1.165) is 30.0 Å². The fourth-order valence-corrected chi connectivity index (χ4v) is 4.22. The van der Waals surface area contributed by atoms with Gasteiger partial charge in [-0.15, -0.1) is 0 Å². The van der Waals surface area contributed by atoms with Gasteiger partial charge in [0.25, 0.3) is 0 Å². The Balaban J connectivity index is 1.87. The van der Waals surface area contributed by atoms with Crippen molar-refractivity contribution in [3.63, 3.8) is 0 Å². The minimum atomic E-state index is 0.486. The average Bonchev–Trinajstić information content (AvgIpc) is 2.92. The molecular weight excluding hydrogens is 246 g/mol. The van der Waals surface area contributed by atoms with Crippen LogP contribution in [0.4, 0.5) is 0 Å². The second-order valence-electron chi connectivity index (χ2n) is 6.51. The van der Waals surface area contributed by atoms with Gasteiger partial charge in [0.05, 0.1) is 7.11 Å². The van der Waals surface area contributed by atoms with Gasteiger partial charge in [-0.2, -0.15) is 0 Å². The second kappa shape index (κ2) is 5.77. The number of hydrogen-bond acceptors (Lipinski definition) is 2. The van der Waals surface area contributed by atoms with Crippen LogP contribution in [0.2, 0.25) is 0 Å². The van der Waals surface area contributed by atoms with E-state index in [4.69, 9.17) is 4.74 Å². The van der Waals surface area contributed by atoms with Crippen LogP contribution < -0.4 is 10.1 Å². The molecule has 3 unspecified atom stereocenters. The van der Waals surface area contributed by atoms with Gasteiger partial charge in [-0.05, 0) is 56.6 Å². The fourth-order valence-electron chi connectivity index (χ4n) is 4.22. The second-order valence-corrected chi connectivity index (χ2v) is 6.51. The largest absolute Gasteiger partial charge is 0.496 e. The average molecular weight is 273 g/mol. The summed E-state index contributed by atoms with van der Waals surface area (Å²) in [6.45, 7) is 5.51. The maximum Gasteiger partial charge on any atom is 0.123 e. The Morgan fingerprint density at radius 3 is 2.70 bits per heavy atom. The van der Waals surface area contributed by atoms with E-state index in [-0.39, 0.29) is 0 Å². The third-order valence-corrected chi connectivity index (χ3v) is 5.19. The molecule has 3 rings (SSSR count). The standard InChI is InChI=1S/C18H27NO/c1-4-10-19-18(17-13-6-5-7-14(13)17)15-11-12(2)8-9-16(15)20-3/h8-9,11,13-14,17-19H,4-7,10H2,1-3H3. The zero-order valence-electron chi connectivity index (χ0n) is 13.0. The molecule has 0 heterocycles. The van der Waals surface area contributed by atoms with Gasteiger partial charge in [-0.3, -0.25) is 0 Å². The highest BCUT2D eigenvalue weighted by atomic mass is 16.5. The monoisotopic (exact) mass is 273 g/mol. The van der Waals surface area contributed by atoms with Crippen molar-refractivity contribution in [1.82, 2.24) is 5.32 Å². The molecule has 1 N–H and O–H groups in total. The van der Waals surface area contributed by atoms with E-state index in [1.54, 1.807) is 7.11 Å². The molecule has 2 aliphatic carbocycles. The van der Waals surface area contributed by atoms with E-state index in [9.17, 15) is 0 Å². The van der Waals surface area contributed by atoms with Gasteiger partial charge in [0.1, 0.15) is 5.75 Å². The molecule has 2 saturated carbocycles. The number of methoxy groups -OCH3 is 1. The molecule has 2 nitrogen and oxygen atoms in total. The molecule has 0 aliphatic heterocycles. The van der Waals surface area contributed by atoms with Gasteiger partial charge >= 0.3 is 0 Å². The van der Waals surface area contributed by atoms with Crippen molar-refractivity contribution in [3.8, 4) is 5.75 Å². The molecule has 2 fully saturated rings. The minimum Gasteiger partial charge on any atom is -0.496 e. The molecule has 1 aromatic rings. The molecule has 0 radical (unpaired) electrons. The smallest absolute Gasteiger partial charge is 0.123 e. The molecule has 1 aromatic carbocycles. The Labute approximate surface area is 122 Å². The van der Waals surface area contributed by atoms with Crippen molar-refractivity contribution in [3.05, 3.63) is 29.3 Å². The molecule has 2 aliphatic rings. The van der Waals surface area contributed by atoms with Crippen molar-refractivity contribution in [2.75, 3.05) is 13.7 Å². The molecular formula is C18H27NO. The van der Waals surface area contributed by atoms with Gasteiger partial charge < -0.3 is 10.1 Å².